The van der Waals surface area contributed by atoms with E-state index in [0.717, 1.165) is 32.1 Å². The molecule has 1 saturated carbocycles. The molecule has 0 spiro atoms. The van der Waals surface area contributed by atoms with Gasteiger partial charge in [-0.05, 0) is 43.4 Å². The van der Waals surface area contributed by atoms with Gasteiger partial charge in [0.05, 0.1) is 12.6 Å². The largest absolute Gasteiger partial charge is 0.448 e. The first kappa shape index (κ1) is 32.9. The van der Waals surface area contributed by atoms with Crippen LogP contribution in [0.5, 0.6) is 0 Å². The van der Waals surface area contributed by atoms with Gasteiger partial charge in [0.25, 0.3) is 0 Å². The average Bonchev–Trinajstić information content (AvgIpc) is 2.94. The van der Waals surface area contributed by atoms with E-state index in [-0.39, 0.29) is 44.4 Å². The lowest BCUT2D eigenvalue weighted by Gasteiger charge is -2.27. The lowest BCUT2D eigenvalue weighted by molar-refractivity contribution is -0.131. The van der Waals surface area contributed by atoms with Gasteiger partial charge >= 0.3 is 12.2 Å². The Morgan fingerprint density at radius 3 is 2.52 bits per heavy atom. The van der Waals surface area contributed by atoms with Crippen LogP contribution in [0.3, 0.4) is 0 Å². The number of likely N-dealkylation sites (N-methyl/N-ethyl adjacent to an activating group) is 1. The highest BCUT2D eigenvalue weighted by Gasteiger charge is 2.28. The van der Waals surface area contributed by atoms with E-state index < -0.39 is 30.2 Å². The van der Waals surface area contributed by atoms with Crippen molar-refractivity contribution in [2.75, 3.05) is 26.7 Å². The van der Waals surface area contributed by atoms with Crippen LogP contribution in [0.15, 0.2) is 24.3 Å². The first-order valence-electron chi connectivity index (χ1n) is 13.8. The molecule has 11 nitrogen and oxygen atoms in total. The summed E-state index contributed by atoms with van der Waals surface area (Å²) in [6.45, 7) is 2.42. The van der Waals surface area contributed by atoms with Gasteiger partial charge in [-0.15, -0.1) is 0 Å². The number of halogens is 1. The quantitative estimate of drug-likeness (QED) is 0.269. The number of rotatable bonds is 15. The molecule has 222 valence electrons. The summed E-state index contributed by atoms with van der Waals surface area (Å²) >= 11 is 5.98. The topological polar surface area (TPSA) is 143 Å². The molecule has 2 atom stereocenters. The third-order valence-electron chi connectivity index (χ3n) is 6.73. The van der Waals surface area contributed by atoms with Crippen molar-refractivity contribution in [3.05, 3.63) is 34.9 Å². The Morgan fingerprint density at radius 2 is 1.85 bits per heavy atom. The molecule has 1 aromatic rings. The summed E-state index contributed by atoms with van der Waals surface area (Å²) in [6.07, 6.45) is 5.01. The van der Waals surface area contributed by atoms with Crippen LogP contribution in [-0.2, 0) is 30.5 Å². The monoisotopic (exact) mass is 580 g/mol. The average molecular weight is 581 g/mol. The number of aldehydes is 1. The van der Waals surface area contributed by atoms with Gasteiger partial charge in [0.2, 0.25) is 11.8 Å². The number of carbonyl (C=O) groups excluding carboxylic acids is 5. The van der Waals surface area contributed by atoms with Crippen molar-refractivity contribution < 1.29 is 33.4 Å². The molecule has 4 amide bonds. The van der Waals surface area contributed by atoms with Crippen LogP contribution in [0, 0.1) is 5.92 Å². The van der Waals surface area contributed by atoms with E-state index in [1.54, 1.807) is 38.2 Å². The van der Waals surface area contributed by atoms with Crippen LogP contribution >= 0.6 is 11.6 Å². The van der Waals surface area contributed by atoms with Crippen LogP contribution in [0.1, 0.15) is 63.9 Å². The number of benzene rings is 1. The predicted molar refractivity (Wildman–Crippen MR) is 150 cm³/mol. The molecule has 40 heavy (non-hydrogen) atoms. The van der Waals surface area contributed by atoms with Crippen molar-refractivity contribution in [3.63, 3.8) is 0 Å². The zero-order chi connectivity index (χ0) is 29.3. The summed E-state index contributed by atoms with van der Waals surface area (Å²) in [5.41, 5.74) is 0.711. The second-order valence-corrected chi connectivity index (χ2v) is 10.4. The number of ether oxygens (including phenoxy) is 2. The minimum atomic E-state index is -0.908. The van der Waals surface area contributed by atoms with Gasteiger partial charge < -0.3 is 35.1 Å². The maximum absolute atomic E-state index is 13.2. The maximum atomic E-state index is 13.2. The lowest BCUT2D eigenvalue weighted by atomic mass is 9.84. The maximum Gasteiger partial charge on any atom is 0.408 e. The molecule has 0 heterocycles. The third-order valence-corrected chi connectivity index (χ3v) is 6.96. The lowest BCUT2D eigenvalue weighted by Crippen LogP contribution is -2.51. The number of alkyl carbamates (subject to hydrolysis) is 2. The van der Waals surface area contributed by atoms with Gasteiger partial charge in [-0.25, -0.2) is 9.59 Å². The Kier molecular flexibility index (Phi) is 14.9. The summed E-state index contributed by atoms with van der Waals surface area (Å²) in [5.74, 6) is -0.496. The number of carbonyl (C=O) groups is 5. The third kappa shape index (κ3) is 12.7. The van der Waals surface area contributed by atoms with Crippen LogP contribution in [0.25, 0.3) is 0 Å². The molecule has 0 aliphatic heterocycles. The van der Waals surface area contributed by atoms with Crippen LogP contribution in [-0.4, -0.2) is 74.0 Å². The molecule has 1 fully saturated rings. The van der Waals surface area contributed by atoms with Gasteiger partial charge in [0, 0.05) is 25.0 Å². The summed E-state index contributed by atoms with van der Waals surface area (Å²) in [6, 6.07) is 5.13. The van der Waals surface area contributed by atoms with E-state index in [0.29, 0.717) is 29.8 Å². The molecule has 1 aliphatic carbocycles. The molecule has 12 heteroatoms. The van der Waals surface area contributed by atoms with E-state index in [1.807, 2.05) is 0 Å². The number of hydrogen-bond donors (Lipinski definition) is 3. The van der Waals surface area contributed by atoms with Crippen molar-refractivity contribution >= 4 is 41.9 Å². The van der Waals surface area contributed by atoms with Gasteiger partial charge in [-0.2, -0.15) is 0 Å². The Morgan fingerprint density at radius 1 is 1.10 bits per heavy atom. The summed E-state index contributed by atoms with van der Waals surface area (Å²) in [5, 5.41) is 8.34. The minimum Gasteiger partial charge on any atom is -0.448 e. The minimum absolute atomic E-state index is 0.00371. The van der Waals surface area contributed by atoms with Crippen molar-refractivity contribution in [1.82, 2.24) is 20.9 Å². The van der Waals surface area contributed by atoms with Crippen LogP contribution in [0.2, 0.25) is 5.02 Å². The normalized spacial score (nSPS) is 14.8. The number of amides is 4. The van der Waals surface area contributed by atoms with E-state index in [9.17, 15) is 24.0 Å². The van der Waals surface area contributed by atoms with E-state index in [2.05, 4.69) is 16.0 Å². The molecule has 0 saturated heterocycles. The van der Waals surface area contributed by atoms with E-state index in [1.165, 1.54) is 4.90 Å². The Bertz CT molecular complexity index is 987. The van der Waals surface area contributed by atoms with Crippen LogP contribution in [0.4, 0.5) is 9.59 Å². The van der Waals surface area contributed by atoms with E-state index >= 15 is 0 Å². The van der Waals surface area contributed by atoms with Crippen molar-refractivity contribution in [3.8, 4) is 0 Å². The SMILES string of the molecule is CCNC(=O)OCCN(C)C(=O)CC[C@H](C=O)NC(=O)[C@@H](CC1CCCCC1)NC(=O)OCc1cccc(Cl)c1. The molecule has 0 unspecified atom stereocenters. The molecule has 0 bridgehead atoms. The molecule has 3 N–H and O–H groups in total. The fourth-order valence-electron chi connectivity index (χ4n) is 4.47. The molecular formula is C28H41ClN4O7. The molecule has 0 radical (unpaired) electrons. The fourth-order valence-corrected chi connectivity index (χ4v) is 4.68. The predicted octanol–water partition coefficient (Wildman–Crippen LogP) is 3.57. The van der Waals surface area contributed by atoms with Gasteiger partial charge in [0.1, 0.15) is 25.5 Å². The summed E-state index contributed by atoms with van der Waals surface area (Å²) in [4.78, 5) is 62.7. The molecular weight excluding hydrogens is 540 g/mol. The van der Waals surface area contributed by atoms with Gasteiger partial charge in [-0.1, -0.05) is 55.8 Å². The highest BCUT2D eigenvalue weighted by molar-refractivity contribution is 6.30. The molecule has 0 aromatic heterocycles. The van der Waals surface area contributed by atoms with E-state index in [4.69, 9.17) is 21.1 Å². The Balaban J connectivity index is 1.89. The fraction of sp³-hybridized carbons (Fsp3) is 0.607. The number of nitrogens with one attached hydrogen (secondary N) is 3. The first-order valence-corrected chi connectivity index (χ1v) is 14.2. The summed E-state index contributed by atoms with van der Waals surface area (Å²) < 4.78 is 10.3. The second-order valence-electron chi connectivity index (χ2n) is 9.91. The van der Waals surface area contributed by atoms with Crippen molar-refractivity contribution in [1.29, 1.82) is 0 Å². The highest BCUT2D eigenvalue weighted by Crippen LogP contribution is 2.27. The Labute approximate surface area is 240 Å². The summed E-state index contributed by atoms with van der Waals surface area (Å²) in [7, 11) is 1.57. The zero-order valence-corrected chi connectivity index (χ0v) is 24.0. The Hall–Kier alpha value is -3.34. The standard InChI is InChI=1S/C28H41ClN4O7/c1-3-30-27(37)39-15-14-33(2)25(35)13-12-23(18-34)31-26(36)24(17-20-8-5-4-6-9-20)32-28(38)40-19-21-10-7-11-22(29)16-21/h7,10-11,16,18,20,23-24H,3-6,8-9,12-15,17,19H2,1-2H3,(H,30,37)(H,31,36)(H,32,38)/t23-,24-/m1/s1. The highest BCUT2D eigenvalue weighted by atomic mass is 35.5. The van der Waals surface area contributed by atoms with Crippen LogP contribution < -0.4 is 16.0 Å². The van der Waals surface area contributed by atoms with Crippen molar-refractivity contribution in [2.24, 2.45) is 5.92 Å². The van der Waals surface area contributed by atoms with Gasteiger partial charge in [0.15, 0.2) is 0 Å². The molecule has 1 aliphatic rings. The van der Waals surface area contributed by atoms with Gasteiger partial charge in [-0.3, -0.25) is 9.59 Å². The number of nitrogens with zero attached hydrogens (tertiary/aromatic N) is 1. The first-order chi connectivity index (χ1) is 19.2. The van der Waals surface area contributed by atoms with Crippen molar-refractivity contribution in [2.45, 2.75) is 77.0 Å². The molecule has 2 rings (SSSR count). The smallest absolute Gasteiger partial charge is 0.408 e. The number of hydrogen-bond acceptors (Lipinski definition) is 7. The zero-order valence-electron chi connectivity index (χ0n) is 23.3. The second kappa shape index (κ2) is 18.1. The molecule has 1 aromatic carbocycles.